The van der Waals surface area contributed by atoms with E-state index < -0.39 is 15.1 Å². The summed E-state index contributed by atoms with van der Waals surface area (Å²) in [6.45, 7) is 9.53. The summed E-state index contributed by atoms with van der Waals surface area (Å²) in [5, 5.41) is 10.2. The Balaban J connectivity index is 1.30. The molecular weight excluding hydrogens is 618 g/mol. The van der Waals surface area contributed by atoms with Gasteiger partial charge >= 0.3 is 0 Å². The molecule has 10 heteroatoms. The van der Waals surface area contributed by atoms with E-state index in [2.05, 4.69) is 51.1 Å². The summed E-state index contributed by atoms with van der Waals surface area (Å²) < 4.78 is 32.4. The van der Waals surface area contributed by atoms with Gasteiger partial charge in [0.15, 0.2) is 15.7 Å². The SMILES string of the molecule is Cc1cc(Nc2ncc(Cl)c(Nc3ccccc3S(=O)(=O)C(C)C)n2)c(OC(C)C)cc1C1=CC(C2CCC2)NC(C2CCC2)C1. The van der Waals surface area contributed by atoms with Crippen molar-refractivity contribution in [2.24, 2.45) is 11.8 Å². The summed E-state index contributed by atoms with van der Waals surface area (Å²) in [4.78, 5) is 9.28. The van der Waals surface area contributed by atoms with Crippen LogP contribution in [0.2, 0.25) is 5.02 Å². The van der Waals surface area contributed by atoms with Crippen molar-refractivity contribution in [1.82, 2.24) is 15.3 Å². The highest BCUT2D eigenvalue weighted by molar-refractivity contribution is 7.92. The van der Waals surface area contributed by atoms with Gasteiger partial charge in [-0.1, -0.05) is 42.7 Å². The summed E-state index contributed by atoms with van der Waals surface area (Å²) >= 11 is 6.51. The molecule has 0 amide bonds. The van der Waals surface area contributed by atoms with Crippen LogP contribution in [0, 0.1) is 18.8 Å². The summed E-state index contributed by atoms with van der Waals surface area (Å²) in [7, 11) is -3.54. The number of ether oxygens (including phenoxy) is 1. The van der Waals surface area contributed by atoms with E-state index in [1.54, 1.807) is 38.1 Å². The van der Waals surface area contributed by atoms with E-state index in [4.69, 9.17) is 16.3 Å². The molecule has 8 nitrogen and oxygen atoms in total. The molecule has 6 rings (SSSR count). The average Bonchev–Trinajstić information content (AvgIpc) is 2.94. The third kappa shape index (κ3) is 6.92. The monoisotopic (exact) mass is 663 g/mol. The zero-order valence-corrected chi connectivity index (χ0v) is 29.0. The third-order valence-corrected chi connectivity index (χ3v) is 12.2. The van der Waals surface area contributed by atoms with Crippen molar-refractivity contribution in [3.63, 3.8) is 0 Å². The zero-order valence-electron chi connectivity index (χ0n) is 27.4. The van der Waals surface area contributed by atoms with E-state index in [1.807, 2.05) is 13.8 Å². The Kier molecular flexibility index (Phi) is 9.65. The normalized spacial score (nSPS) is 20.7. The Morgan fingerprint density at radius 3 is 2.35 bits per heavy atom. The van der Waals surface area contributed by atoms with Crippen LogP contribution in [0.3, 0.4) is 0 Å². The van der Waals surface area contributed by atoms with E-state index in [9.17, 15) is 8.42 Å². The first kappa shape index (κ1) is 32.8. The van der Waals surface area contributed by atoms with Crippen LogP contribution >= 0.6 is 11.6 Å². The predicted octanol–water partition coefficient (Wildman–Crippen LogP) is 8.61. The quantitative estimate of drug-likeness (QED) is 0.187. The van der Waals surface area contributed by atoms with Crippen molar-refractivity contribution >= 4 is 50.2 Å². The number of para-hydroxylation sites is 1. The van der Waals surface area contributed by atoms with Crippen LogP contribution < -0.4 is 20.7 Å². The molecule has 0 bridgehead atoms. The van der Waals surface area contributed by atoms with Gasteiger partial charge in [0.25, 0.3) is 0 Å². The number of hydrogen-bond donors (Lipinski definition) is 3. The second kappa shape index (κ2) is 13.5. The van der Waals surface area contributed by atoms with Crippen LogP contribution in [-0.2, 0) is 9.84 Å². The first-order valence-corrected chi connectivity index (χ1v) is 18.6. The second-order valence-electron chi connectivity index (χ2n) is 13.6. The molecular formula is C36H46ClN5O3S. The standard InChI is InChI=1S/C36H46ClN5O3S/c1-21(2)45-33-19-27(26-17-30(24-10-8-11-24)39-31(18-26)25-12-9-13-25)23(5)16-32(33)41-36-38-20-28(37)35(42-36)40-29-14-6-7-15-34(29)46(43,44)22(3)4/h6-7,14-17,19-22,24-25,30-31,39H,8-13,18H2,1-5H3,(H2,38,40,41,42). The molecule has 3 N–H and O–H groups in total. The molecule has 3 aliphatic rings. The molecule has 0 spiro atoms. The first-order chi connectivity index (χ1) is 22.0. The summed E-state index contributed by atoms with van der Waals surface area (Å²) in [5.74, 6) is 2.84. The Morgan fingerprint density at radius 1 is 0.978 bits per heavy atom. The fraction of sp³-hybridized carbons (Fsp3) is 0.500. The molecule has 0 saturated heterocycles. The van der Waals surface area contributed by atoms with Gasteiger partial charge in [-0.25, -0.2) is 13.4 Å². The van der Waals surface area contributed by atoms with Gasteiger partial charge in [-0.2, -0.15) is 4.98 Å². The van der Waals surface area contributed by atoms with Gasteiger partial charge < -0.3 is 20.7 Å². The van der Waals surface area contributed by atoms with Gasteiger partial charge in [0.1, 0.15) is 10.8 Å². The van der Waals surface area contributed by atoms with Gasteiger partial charge in [0, 0.05) is 12.1 Å². The fourth-order valence-corrected chi connectivity index (χ4v) is 7.95. The van der Waals surface area contributed by atoms with Crippen molar-refractivity contribution in [2.45, 2.75) is 108 Å². The van der Waals surface area contributed by atoms with Crippen molar-refractivity contribution < 1.29 is 13.2 Å². The lowest BCUT2D eigenvalue weighted by Gasteiger charge is -2.44. The zero-order chi connectivity index (χ0) is 32.6. The van der Waals surface area contributed by atoms with Crippen LogP contribution in [0.15, 0.2) is 53.6 Å². The minimum absolute atomic E-state index is 0.0358. The smallest absolute Gasteiger partial charge is 0.229 e. The highest BCUT2D eigenvalue weighted by Crippen LogP contribution is 2.43. The van der Waals surface area contributed by atoms with Crippen molar-refractivity contribution in [1.29, 1.82) is 0 Å². The van der Waals surface area contributed by atoms with Gasteiger partial charge in [-0.05, 0) is 120 Å². The molecule has 2 saturated carbocycles. The molecule has 246 valence electrons. The lowest BCUT2D eigenvalue weighted by molar-refractivity contribution is 0.177. The van der Waals surface area contributed by atoms with E-state index >= 15 is 0 Å². The second-order valence-corrected chi connectivity index (χ2v) is 16.5. The van der Waals surface area contributed by atoms with Crippen molar-refractivity contribution in [3.8, 4) is 5.75 Å². The Morgan fingerprint density at radius 2 is 1.70 bits per heavy atom. The fourth-order valence-electron chi connectivity index (χ4n) is 6.61. The molecule has 3 aromatic rings. The van der Waals surface area contributed by atoms with Crippen LogP contribution in [-0.4, -0.2) is 41.8 Å². The Hall–Kier alpha value is -3.14. The molecule has 2 heterocycles. The van der Waals surface area contributed by atoms with Crippen molar-refractivity contribution in [2.75, 3.05) is 10.6 Å². The Bertz CT molecular complexity index is 1720. The van der Waals surface area contributed by atoms with E-state index in [0.717, 1.165) is 35.3 Å². The highest BCUT2D eigenvalue weighted by atomic mass is 35.5. The number of halogens is 1. The molecule has 2 aromatic carbocycles. The molecule has 1 aromatic heterocycles. The first-order valence-electron chi connectivity index (χ1n) is 16.7. The molecule has 1 aliphatic heterocycles. The molecule has 2 unspecified atom stereocenters. The number of anilines is 4. The topological polar surface area (TPSA) is 105 Å². The maximum absolute atomic E-state index is 13.0. The molecule has 2 fully saturated rings. The van der Waals surface area contributed by atoms with Gasteiger partial charge in [0.05, 0.1) is 33.8 Å². The largest absolute Gasteiger partial charge is 0.489 e. The number of aryl methyl sites for hydroxylation is 1. The van der Waals surface area contributed by atoms with Gasteiger partial charge in [-0.15, -0.1) is 0 Å². The summed E-state index contributed by atoms with van der Waals surface area (Å²) in [5.41, 5.74) is 4.97. The lowest BCUT2D eigenvalue weighted by Crippen LogP contribution is -2.50. The van der Waals surface area contributed by atoms with Crippen LogP contribution in [0.25, 0.3) is 5.57 Å². The molecule has 2 aliphatic carbocycles. The minimum atomic E-state index is -3.54. The van der Waals surface area contributed by atoms with Crippen molar-refractivity contribution in [3.05, 3.63) is 64.8 Å². The minimum Gasteiger partial charge on any atom is -0.489 e. The van der Waals surface area contributed by atoms with Crippen LogP contribution in [0.4, 0.5) is 23.1 Å². The van der Waals surface area contributed by atoms with E-state index in [0.29, 0.717) is 29.5 Å². The van der Waals surface area contributed by atoms with Crippen LogP contribution in [0.5, 0.6) is 5.75 Å². The number of hydrogen-bond acceptors (Lipinski definition) is 8. The predicted molar refractivity (Wildman–Crippen MR) is 187 cm³/mol. The molecule has 2 atom stereocenters. The number of benzene rings is 2. The number of sulfone groups is 1. The summed E-state index contributed by atoms with van der Waals surface area (Å²) in [6, 6.07) is 12.0. The maximum atomic E-state index is 13.0. The van der Waals surface area contributed by atoms with E-state index in [1.165, 1.54) is 55.9 Å². The lowest BCUT2D eigenvalue weighted by atomic mass is 9.71. The van der Waals surface area contributed by atoms with E-state index in [-0.39, 0.29) is 16.0 Å². The molecule has 46 heavy (non-hydrogen) atoms. The number of nitrogens with zero attached hydrogens (tertiary/aromatic N) is 2. The van der Waals surface area contributed by atoms with Crippen LogP contribution in [0.1, 0.15) is 83.8 Å². The highest BCUT2D eigenvalue weighted by Gasteiger charge is 2.36. The Labute approximate surface area is 278 Å². The number of rotatable bonds is 11. The van der Waals surface area contributed by atoms with Gasteiger partial charge in [0.2, 0.25) is 5.95 Å². The number of nitrogens with one attached hydrogen (secondary N) is 3. The summed E-state index contributed by atoms with van der Waals surface area (Å²) in [6.07, 6.45) is 12.9. The van der Waals surface area contributed by atoms with Gasteiger partial charge in [-0.3, -0.25) is 0 Å². The average molecular weight is 664 g/mol. The maximum Gasteiger partial charge on any atom is 0.229 e. The number of aromatic nitrogens is 2. The molecule has 0 radical (unpaired) electrons. The third-order valence-electron chi connectivity index (χ3n) is 9.70.